The van der Waals surface area contributed by atoms with Crippen molar-refractivity contribution in [2.24, 2.45) is 0 Å². The molecule has 2 unspecified atom stereocenters. The molecule has 0 aliphatic carbocycles. The molecule has 3 rings (SSSR count). The van der Waals surface area contributed by atoms with Crippen LogP contribution < -0.4 is 14.8 Å². The van der Waals surface area contributed by atoms with E-state index in [4.69, 9.17) is 9.47 Å². The van der Waals surface area contributed by atoms with Crippen LogP contribution in [0.15, 0.2) is 42.5 Å². The van der Waals surface area contributed by atoms with Crippen molar-refractivity contribution in [1.82, 2.24) is 5.32 Å². The molecule has 0 aromatic heterocycles. The summed E-state index contributed by atoms with van der Waals surface area (Å²) in [5, 5.41) is 3.23. The van der Waals surface area contributed by atoms with Crippen LogP contribution in [-0.4, -0.2) is 20.3 Å². The largest absolute Gasteiger partial charge is 0.494 e. The Morgan fingerprint density at radius 1 is 1.29 bits per heavy atom. The van der Waals surface area contributed by atoms with E-state index in [2.05, 4.69) is 11.4 Å². The second-order valence-corrected chi connectivity index (χ2v) is 5.13. The van der Waals surface area contributed by atoms with Crippen LogP contribution in [0.25, 0.3) is 0 Å². The summed E-state index contributed by atoms with van der Waals surface area (Å²) in [6.07, 6.45) is 0.773. The number of methoxy groups -OCH3 is 1. The van der Waals surface area contributed by atoms with Gasteiger partial charge in [-0.05, 0) is 36.4 Å². The fourth-order valence-electron chi connectivity index (χ4n) is 2.84. The third-order valence-electron chi connectivity index (χ3n) is 3.89. The second kappa shape index (κ2) is 5.74. The molecule has 0 bridgehead atoms. The molecule has 110 valence electrons. The van der Waals surface area contributed by atoms with Crippen molar-refractivity contribution in [3.8, 4) is 11.5 Å². The molecule has 0 radical (unpaired) electrons. The van der Waals surface area contributed by atoms with Crippen LogP contribution in [-0.2, 0) is 6.42 Å². The predicted molar refractivity (Wildman–Crippen MR) is 79.3 cm³/mol. The van der Waals surface area contributed by atoms with E-state index in [1.165, 1.54) is 18.7 Å². The Balaban J connectivity index is 1.85. The van der Waals surface area contributed by atoms with Crippen LogP contribution in [0.1, 0.15) is 17.2 Å². The fraction of sp³-hybridized carbons (Fsp3) is 0.294. The topological polar surface area (TPSA) is 30.5 Å². The van der Waals surface area contributed by atoms with Gasteiger partial charge in [0, 0.05) is 6.42 Å². The Morgan fingerprint density at radius 3 is 2.76 bits per heavy atom. The van der Waals surface area contributed by atoms with Crippen LogP contribution in [0.5, 0.6) is 11.5 Å². The van der Waals surface area contributed by atoms with E-state index in [9.17, 15) is 4.39 Å². The lowest BCUT2D eigenvalue weighted by atomic mass is 9.97. The van der Waals surface area contributed by atoms with E-state index < -0.39 is 0 Å². The van der Waals surface area contributed by atoms with Crippen LogP contribution in [0.2, 0.25) is 0 Å². The third-order valence-corrected chi connectivity index (χ3v) is 3.89. The van der Waals surface area contributed by atoms with E-state index in [-0.39, 0.29) is 23.7 Å². The number of likely N-dealkylation sites (N-methyl/N-ethyl adjacent to an activating group) is 1. The summed E-state index contributed by atoms with van der Waals surface area (Å²) >= 11 is 0. The molecule has 0 fully saturated rings. The molecule has 2 atom stereocenters. The van der Waals surface area contributed by atoms with Gasteiger partial charge in [-0.1, -0.05) is 24.3 Å². The zero-order valence-corrected chi connectivity index (χ0v) is 12.1. The number of rotatable bonds is 4. The number of ether oxygens (including phenoxy) is 2. The van der Waals surface area contributed by atoms with Crippen molar-refractivity contribution in [2.45, 2.75) is 18.6 Å². The smallest absolute Gasteiger partial charge is 0.165 e. The van der Waals surface area contributed by atoms with Gasteiger partial charge in [0.15, 0.2) is 11.6 Å². The fourth-order valence-corrected chi connectivity index (χ4v) is 2.84. The minimum atomic E-state index is -0.356. The van der Waals surface area contributed by atoms with Crippen LogP contribution in [0.4, 0.5) is 4.39 Å². The molecular weight excluding hydrogens is 269 g/mol. The maximum atomic E-state index is 13.9. The highest BCUT2D eigenvalue weighted by atomic mass is 19.1. The summed E-state index contributed by atoms with van der Waals surface area (Å²) in [6.45, 7) is 0. The van der Waals surface area contributed by atoms with Crippen molar-refractivity contribution >= 4 is 0 Å². The Labute approximate surface area is 123 Å². The summed E-state index contributed by atoms with van der Waals surface area (Å²) in [5.74, 6) is 0.812. The van der Waals surface area contributed by atoms with Crippen LogP contribution in [0, 0.1) is 5.82 Å². The van der Waals surface area contributed by atoms with Gasteiger partial charge in [0.25, 0.3) is 0 Å². The number of nitrogens with one attached hydrogen (secondary N) is 1. The van der Waals surface area contributed by atoms with Crippen molar-refractivity contribution in [1.29, 1.82) is 0 Å². The van der Waals surface area contributed by atoms with Crippen molar-refractivity contribution in [3.63, 3.8) is 0 Å². The summed E-state index contributed by atoms with van der Waals surface area (Å²) in [7, 11) is 3.32. The minimum Gasteiger partial charge on any atom is -0.494 e. The minimum absolute atomic E-state index is 0.0415. The van der Waals surface area contributed by atoms with Gasteiger partial charge >= 0.3 is 0 Å². The molecular formula is C17H18FNO2. The van der Waals surface area contributed by atoms with Crippen LogP contribution in [0.3, 0.4) is 0 Å². The summed E-state index contributed by atoms with van der Waals surface area (Å²) in [6, 6.07) is 13.0. The second-order valence-electron chi connectivity index (χ2n) is 5.13. The van der Waals surface area contributed by atoms with Crippen molar-refractivity contribution < 1.29 is 13.9 Å². The number of hydrogen-bond acceptors (Lipinski definition) is 3. The highest BCUT2D eigenvalue weighted by molar-refractivity contribution is 5.39. The van der Waals surface area contributed by atoms with Crippen molar-refractivity contribution in [2.75, 3.05) is 14.2 Å². The van der Waals surface area contributed by atoms with E-state index in [0.717, 1.165) is 17.7 Å². The number of benzene rings is 2. The molecule has 1 heterocycles. The van der Waals surface area contributed by atoms with Gasteiger partial charge in [-0.2, -0.15) is 0 Å². The molecule has 1 aliphatic heterocycles. The summed E-state index contributed by atoms with van der Waals surface area (Å²) in [5.41, 5.74) is 2.05. The first-order valence-electron chi connectivity index (χ1n) is 6.98. The molecule has 2 aromatic rings. The molecule has 1 aliphatic rings. The molecule has 0 amide bonds. The van der Waals surface area contributed by atoms with Gasteiger partial charge in [-0.25, -0.2) is 4.39 Å². The lowest BCUT2D eigenvalue weighted by Gasteiger charge is -2.23. The molecule has 4 heteroatoms. The quantitative estimate of drug-likeness (QED) is 0.937. The standard InChI is InChI=1S/C17H18FNO2/c1-19-17(12-7-8-15(20-2)13(18)9-12)16-10-11-5-3-4-6-14(11)21-16/h3-9,16-17,19H,10H2,1-2H3. The molecule has 21 heavy (non-hydrogen) atoms. The molecule has 1 N–H and O–H groups in total. The molecule has 3 nitrogen and oxygen atoms in total. The molecule has 0 saturated carbocycles. The predicted octanol–water partition coefficient (Wildman–Crippen LogP) is 3.10. The Kier molecular flexibility index (Phi) is 3.80. The number of fused-ring (bicyclic) bond motifs is 1. The van der Waals surface area contributed by atoms with Crippen LogP contribution >= 0.6 is 0 Å². The van der Waals surface area contributed by atoms with Gasteiger partial charge < -0.3 is 14.8 Å². The van der Waals surface area contributed by atoms with Gasteiger partial charge in [0.2, 0.25) is 0 Å². The lowest BCUT2D eigenvalue weighted by molar-refractivity contribution is 0.183. The van der Waals surface area contributed by atoms with E-state index in [1.54, 1.807) is 6.07 Å². The zero-order valence-electron chi connectivity index (χ0n) is 12.1. The Morgan fingerprint density at radius 2 is 2.10 bits per heavy atom. The third kappa shape index (κ3) is 2.59. The zero-order chi connectivity index (χ0) is 14.8. The number of hydrogen-bond donors (Lipinski definition) is 1. The molecule has 0 spiro atoms. The normalized spacial score (nSPS) is 18.0. The van der Waals surface area contributed by atoms with E-state index in [0.29, 0.717) is 0 Å². The summed E-state index contributed by atoms with van der Waals surface area (Å²) < 4.78 is 24.9. The molecule has 2 aromatic carbocycles. The highest BCUT2D eigenvalue weighted by Gasteiger charge is 2.30. The summed E-state index contributed by atoms with van der Waals surface area (Å²) in [4.78, 5) is 0. The van der Waals surface area contributed by atoms with Gasteiger partial charge in [-0.3, -0.25) is 0 Å². The average Bonchev–Trinajstić information content (AvgIpc) is 2.91. The van der Waals surface area contributed by atoms with Crippen molar-refractivity contribution in [3.05, 3.63) is 59.4 Å². The van der Waals surface area contributed by atoms with E-state index >= 15 is 0 Å². The SMILES string of the molecule is CNC(c1ccc(OC)c(F)c1)C1Cc2ccccc2O1. The van der Waals surface area contributed by atoms with Gasteiger partial charge in [0.05, 0.1) is 13.2 Å². The first-order valence-corrected chi connectivity index (χ1v) is 6.98. The highest BCUT2D eigenvalue weighted by Crippen LogP contribution is 2.34. The van der Waals surface area contributed by atoms with E-state index in [1.807, 2.05) is 31.3 Å². The maximum Gasteiger partial charge on any atom is 0.165 e. The molecule has 0 saturated heterocycles. The lowest BCUT2D eigenvalue weighted by Crippen LogP contribution is -2.32. The Bertz CT molecular complexity index is 619. The number of para-hydroxylation sites is 1. The average molecular weight is 287 g/mol. The monoisotopic (exact) mass is 287 g/mol. The van der Waals surface area contributed by atoms with Gasteiger partial charge in [0.1, 0.15) is 11.9 Å². The van der Waals surface area contributed by atoms with Gasteiger partial charge in [-0.15, -0.1) is 0 Å². The maximum absolute atomic E-state index is 13.9. The first-order chi connectivity index (χ1) is 10.2. The first kappa shape index (κ1) is 13.9. The Hall–Kier alpha value is -2.07. The number of halogens is 1.